The number of hydrogen-bond acceptors (Lipinski definition) is 1. The van der Waals surface area contributed by atoms with E-state index in [1.807, 2.05) is 0 Å². The number of nitrogens with two attached hydrogens (primary N) is 1. The predicted molar refractivity (Wildman–Crippen MR) is 65.4 cm³/mol. The topological polar surface area (TPSA) is 26.0 Å². The highest BCUT2D eigenvalue weighted by atomic mass is 14.6. The monoisotopic (exact) mass is 197 g/mol. The van der Waals surface area contributed by atoms with Crippen molar-refractivity contribution in [3.05, 3.63) is 11.1 Å². The Bertz CT molecular complexity index is 170. The number of rotatable bonds is 7. The summed E-state index contributed by atoms with van der Waals surface area (Å²) < 4.78 is 0. The Morgan fingerprint density at radius 1 is 1.07 bits per heavy atom. The highest BCUT2D eigenvalue weighted by Gasteiger charge is 2.01. The predicted octanol–water partition coefficient (Wildman–Crippen LogP) is 4.03. The lowest BCUT2D eigenvalue weighted by atomic mass is 9.99. The Morgan fingerprint density at radius 2 is 1.64 bits per heavy atom. The maximum Gasteiger partial charge on any atom is 0.00392 e. The van der Waals surface area contributed by atoms with Gasteiger partial charge in [-0.3, -0.25) is 0 Å². The fourth-order valence-corrected chi connectivity index (χ4v) is 1.47. The van der Waals surface area contributed by atoms with Gasteiger partial charge in [-0.25, -0.2) is 0 Å². The Labute approximate surface area is 89.8 Å². The van der Waals surface area contributed by atoms with E-state index in [4.69, 9.17) is 5.73 Å². The summed E-state index contributed by atoms with van der Waals surface area (Å²) >= 11 is 0. The minimum atomic E-state index is 0.393. The van der Waals surface area contributed by atoms with Crippen molar-refractivity contribution in [1.29, 1.82) is 0 Å². The summed E-state index contributed by atoms with van der Waals surface area (Å²) in [6, 6.07) is 0.393. The molecule has 0 spiro atoms. The van der Waals surface area contributed by atoms with Crippen molar-refractivity contribution in [2.24, 2.45) is 5.73 Å². The van der Waals surface area contributed by atoms with E-state index in [0.29, 0.717) is 6.04 Å². The van der Waals surface area contributed by atoms with E-state index in [0.717, 1.165) is 12.8 Å². The van der Waals surface area contributed by atoms with Crippen molar-refractivity contribution in [2.45, 2.75) is 72.3 Å². The molecule has 1 atom stereocenters. The van der Waals surface area contributed by atoms with Crippen molar-refractivity contribution >= 4 is 0 Å². The van der Waals surface area contributed by atoms with Gasteiger partial charge in [0, 0.05) is 6.04 Å². The molecule has 2 N–H and O–H groups in total. The molecule has 0 bridgehead atoms. The fraction of sp³-hybridized carbons (Fsp3) is 0.846. The Hall–Kier alpha value is -0.300. The van der Waals surface area contributed by atoms with Crippen molar-refractivity contribution in [2.75, 3.05) is 0 Å². The maximum absolute atomic E-state index is 5.90. The molecule has 0 radical (unpaired) electrons. The minimum absolute atomic E-state index is 0.393. The van der Waals surface area contributed by atoms with Crippen LogP contribution < -0.4 is 5.73 Å². The summed E-state index contributed by atoms with van der Waals surface area (Å²) in [5.41, 5.74) is 9.04. The molecule has 14 heavy (non-hydrogen) atoms. The van der Waals surface area contributed by atoms with Gasteiger partial charge in [-0.1, -0.05) is 31.4 Å². The van der Waals surface area contributed by atoms with E-state index in [9.17, 15) is 0 Å². The van der Waals surface area contributed by atoms with Gasteiger partial charge in [0.1, 0.15) is 0 Å². The van der Waals surface area contributed by atoms with Gasteiger partial charge >= 0.3 is 0 Å². The van der Waals surface area contributed by atoms with E-state index in [-0.39, 0.29) is 0 Å². The molecular weight excluding hydrogens is 170 g/mol. The summed E-state index contributed by atoms with van der Waals surface area (Å²) in [6.45, 7) is 8.93. The first-order chi connectivity index (χ1) is 6.61. The Balaban J connectivity index is 3.84. The van der Waals surface area contributed by atoms with Crippen LogP contribution in [0.5, 0.6) is 0 Å². The zero-order valence-corrected chi connectivity index (χ0v) is 10.4. The van der Waals surface area contributed by atoms with Crippen LogP contribution in [0.1, 0.15) is 66.2 Å². The lowest BCUT2D eigenvalue weighted by molar-refractivity contribution is 0.591. The zero-order chi connectivity index (χ0) is 11.0. The Morgan fingerprint density at radius 3 is 2.14 bits per heavy atom. The molecule has 0 aromatic rings. The van der Waals surface area contributed by atoms with Crippen LogP contribution in [-0.4, -0.2) is 6.04 Å². The molecule has 0 amide bonds. The first-order valence-corrected chi connectivity index (χ1v) is 6.02. The van der Waals surface area contributed by atoms with Crippen LogP contribution in [-0.2, 0) is 0 Å². The van der Waals surface area contributed by atoms with E-state index in [1.165, 1.54) is 25.7 Å². The van der Waals surface area contributed by atoms with Gasteiger partial charge in [-0.2, -0.15) is 0 Å². The van der Waals surface area contributed by atoms with Crippen molar-refractivity contribution in [1.82, 2.24) is 0 Å². The molecule has 0 aliphatic carbocycles. The first-order valence-electron chi connectivity index (χ1n) is 6.02. The molecule has 1 nitrogen and oxygen atoms in total. The van der Waals surface area contributed by atoms with Crippen LogP contribution in [0, 0.1) is 0 Å². The fourth-order valence-electron chi connectivity index (χ4n) is 1.47. The summed E-state index contributed by atoms with van der Waals surface area (Å²) in [7, 11) is 0. The second kappa shape index (κ2) is 8.05. The number of hydrogen-bond donors (Lipinski definition) is 1. The third-order valence-corrected chi connectivity index (χ3v) is 3.05. The summed E-state index contributed by atoms with van der Waals surface area (Å²) in [5.74, 6) is 0. The average molecular weight is 197 g/mol. The van der Waals surface area contributed by atoms with E-state index >= 15 is 0 Å². The van der Waals surface area contributed by atoms with E-state index in [1.54, 1.807) is 11.1 Å². The van der Waals surface area contributed by atoms with Crippen LogP contribution >= 0.6 is 0 Å². The second-order valence-electron chi connectivity index (χ2n) is 4.37. The lowest BCUT2D eigenvalue weighted by Gasteiger charge is -2.11. The van der Waals surface area contributed by atoms with Crippen LogP contribution in [0.25, 0.3) is 0 Å². The lowest BCUT2D eigenvalue weighted by Crippen LogP contribution is -2.18. The third-order valence-electron chi connectivity index (χ3n) is 3.05. The SMILES string of the molecule is CCCC/C(C)=C(/C)CCC(N)CC. The van der Waals surface area contributed by atoms with Crippen LogP contribution in [0.15, 0.2) is 11.1 Å². The largest absolute Gasteiger partial charge is 0.328 e. The van der Waals surface area contributed by atoms with Gasteiger partial charge in [-0.15, -0.1) is 0 Å². The molecule has 0 saturated heterocycles. The first kappa shape index (κ1) is 13.7. The smallest absolute Gasteiger partial charge is 0.00392 e. The zero-order valence-electron chi connectivity index (χ0n) is 10.4. The quantitative estimate of drug-likeness (QED) is 0.613. The highest BCUT2D eigenvalue weighted by molar-refractivity contribution is 5.09. The molecule has 0 rings (SSSR count). The van der Waals surface area contributed by atoms with Gasteiger partial charge < -0.3 is 5.73 Å². The van der Waals surface area contributed by atoms with Gasteiger partial charge in [0.15, 0.2) is 0 Å². The molecular formula is C13H27N. The molecule has 1 unspecified atom stereocenters. The molecule has 0 aromatic heterocycles. The number of allylic oxidation sites excluding steroid dienone is 2. The standard InChI is InChI=1S/C13H27N/c1-5-7-8-11(3)12(4)9-10-13(14)6-2/h13H,5-10,14H2,1-4H3/b12-11-. The molecule has 0 aromatic carbocycles. The maximum atomic E-state index is 5.90. The third kappa shape index (κ3) is 6.20. The van der Waals surface area contributed by atoms with E-state index < -0.39 is 0 Å². The molecule has 0 heterocycles. The summed E-state index contributed by atoms with van der Waals surface area (Å²) in [5, 5.41) is 0. The molecule has 0 aliphatic heterocycles. The van der Waals surface area contributed by atoms with Crippen molar-refractivity contribution in [3.63, 3.8) is 0 Å². The van der Waals surface area contributed by atoms with Gasteiger partial charge in [0.05, 0.1) is 0 Å². The van der Waals surface area contributed by atoms with Crippen molar-refractivity contribution in [3.8, 4) is 0 Å². The normalized spacial score (nSPS) is 15.2. The second-order valence-corrected chi connectivity index (χ2v) is 4.37. The van der Waals surface area contributed by atoms with Gasteiger partial charge in [0.25, 0.3) is 0 Å². The van der Waals surface area contributed by atoms with Gasteiger partial charge in [0.2, 0.25) is 0 Å². The van der Waals surface area contributed by atoms with Crippen molar-refractivity contribution < 1.29 is 0 Å². The molecule has 0 fully saturated rings. The average Bonchev–Trinajstić information content (AvgIpc) is 2.21. The number of unbranched alkanes of at least 4 members (excludes halogenated alkanes) is 1. The summed E-state index contributed by atoms with van der Waals surface area (Å²) in [4.78, 5) is 0. The van der Waals surface area contributed by atoms with Crippen LogP contribution in [0.4, 0.5) is 0 Å². The van der Waals surface area contributed by atoms with E-state index in [2.05, 4.69) is 27.7 Å². The van der Waals surface area contributed by atoms with Gasteiger partial charge in [-0.05, 0) is 46.0 Å². The Kier molecular flexibility index (Phi) is 7.87. The molecule has 1 heteroatoms. The molecule has 0 saturated carbocycles. The minimum Gasteiger partial charge on any atom is -0.328 e. The highest BCUT2D eigenvalue weighted by Crippen LogP contribution is 2.16. The van der Waals surface area contributed by atoms with Crippen LogP contribution in [0.3, 0.4) is 0 Å². The molecule has 0 aliphatic rings. The van der Waals surface area contributed by atoms with Crippen LogP contribution in [0.2, 0.25) is 0 Å². The molecule has 84 valence electrons. The summed E-state index contributed by atoms with van der Waals surface area (Å²) in [6.07, 6.45) is 7.31.